The van der Waals surface area contributed by atoms with E-state index in [4.69, 9.17) is 10.00 Å². The van der Waals surface area contributed by atoms with E-state index in [1.165, 1.54) is 0 Å². The summed E-state index contributed by atoms with van der Waals surface area (Å²) in [6.45, 7) is 6.18. The van der Waals surface area contributed by atoms with Crippen molar-refractivity contribution in [3.8, 4) is 6.07 Å². The van der Waals surface area contributed by atoms with Gasteiger partial charge in [-0.05, 0) is 33.6 Å². The first-order chi connectivity index (χ1) is 6.96. The van der Waals surface area contributed by atoms with Crippen molar-refractivity contribution in [1.82, 2.24) is 4.90 Å². The van der Waals surface area contributed by atoms with Gasteiger partial charge in [-0.3, -0.25) is 0 Å². The zero-order chi connectivity index (χ0) is 11.5. The zero-order valence-corrected chi connectivity index (χ0v) is 9.62. The topological polar surface area (TPSA) is 53.3 Å². The fraction of sp³-hybridized carbons (Fsp3) is 0.818. The summed E-state index contributed by atoms with van der Waals surface area (Å²) in [4.78, 5) is 13.5. The highest BCUT2D eigenvalue weighted by Gasteiger charge is 2.40. The van der Waals surface area contributed by atoms with Crippen molar-refractivity contribution in [3.05, 3.63) is 0 Å². The van der Waals surface area contributed by atoms with Gasteiger partial charge in [-0.2, -0.15) is 5.26 Å². The molecule has 1 aliphatic rings. The normalized spacial score (nSPS) is 15.6. The maximum Gasteiger partial charge on any atom is 0.410 e. The molecule has 0 bridgehead atoms. The van der Waals surface area contributed by atoms with Gasteiger partial charge in [0.05, 0.1) is 12.5 Å². The van der Waals surface area contributed by atoms with E-state index in [9.17, 15) is 4.79 Å². The third-order valence-electron chi connectivity index (χ3n) is 2.27. The summed E-state index contributed by atoms with van der Waals surface area (Å²) < 4.78 is 5.04. The van der Waals surface area contributed by atoms with Crippen molar-refractivity contribution in [2.24, 2.45) is 0 Å². The molecular formula is C11H18N2O2. The minimum absolute atomic E-state index is 0.189. The molecule has 1 fully saturated rings. The van der Waals surface area contributed by atoms with Crippen LogP contribution in [0.2, 0.25) is 0 Å². The monoisotopic (exact) mass is 210 g/mol. The van der Waals surface area contributed by atoms with E-state index in [1.54, 1.807) is 4.90 Å². The molecule has 0 aromatic carbocycles. The lowest BCUT2D eigenvalue weighted by molar-refractivity contribution is 0.0649. The fourth-order valence-corrected chi connectivity index (χ4v) is 1.56. The van der Waals surface area contributed by atoms with Crippen molar-refractivity contribution in [2.75, 3.05) is 6.61 Å². The SMILES string of the molecule is CC(C)(C)N(C(=O)OCCC#N)C1CC1. The molecule has 1 aliphatic carbocycles. The molecule has 0 heterocycles. The van der Waals surface area contributed by atoms with Crippen molar-refractivity contribution in [2.45, 2.75) is 51.6 Å². The molecule has 15 heavy (non-hydrogen) atoms. The lowest BCUT2D eigenvalue weighted by atomic mass is 10.1. The average molecular weight is 210 g/mol. The van der Waals surface area contributed by atoms with Crippen molar-refractivity contribution in [1.29, 1.82) is 5.26 Å². The summed E-state index contributed by atoms with van der Waals surface area (Å²) in [6.07, 6.45) is 2.09. The quantitative estimate of drug-likeness (QED) is 0.671. The summed E-state index contributed by atoms with van der Waals surface area (Å²) in [5.41, 5.74) is -0.203. The molecule has 0 radical (unpaired) electrons. The molecule has 0 aliphatic heterocycles. The first-order valence-corrected chi connectivity index (χ1v) is 5.30. The molecule has 0 N–H and O–H groups in total. The highest BCUT2D eigenvalue weighted by atomic mass is 16.6. The van der Waals surface area contributed by atoms with E-state index in [0.717, 1.165) is 12.8 Å². The second-order valence-electron chi connectivity index (χ2n) is 4.79. The smallest absolute Gasteiger partial charge is 0.410 e. The summed E-state index contributed by atoms with van der Waals surface area (Å²) in [6, 6.07) is 2.28. The summed E-state index contributed by atoms with van der Waals surface area (Å²) >= 11 is 0. The Morgan fingerprint density at radius 1 is 1.53 bits per heavy atom. The Bertz CT molecular complexity index is 271. The van der Waals surface area contributed by atoms with E-state index in [2.05, 4.69) is 0 Å². The van der Waals surface area contributed by atoms with E-state index < -0.39 is 0 Å². The Balaban J connectivity index is 2.49. The number of hydrogen-bond donors (Lipinski definition) is 0. The zero-order valence-electron chi connectivity index (χ0n) is 9.62. The van der Waals surface area contributed by atoms with Crippen LogP contribution in [0.1, 0.15) is 40.0 Å². The minimum Gasteiger partial charge on any atom is -0.448 e. The van der Waals surface area contributed by atoms with E-state index in [0.29, 0.717) is 6.04 Å². The van der Waals surface area contributed by atoms with Gasteiger partial charge in [0.2, 0.25) is 0 Å². The van der Waals surface area contributed by atoms with Crippen LogP contribution in [0.15, 0.2) is 0 Å². The highest BCUT2D eigenvalue weighted by molar-refractivity contribution is 5.69. The Morgan fingerprint density at radius 3 is 2.53 bits per heavy atom. The number of amides is 1. The maximum atomic E-state index is 11.7. The largest absolute Gasteiger partial charge is 0.448 e. The summed E-state index contributed by atoms with van der Waals surface area (Å²) in [7, 11) is 0. The van der Waals surface area contributed by atoms with Gasteiger partial charge in [-0.1, -0.05) is 0 Å². The van der Waals surface area contributed by atoms with E-state index in [-0.39, 0.29) is 24.7 Å². The summed E-state index contributed by atoms with van der Waals surface area (Å²) in [5.74, 6) is 0. The predicted octanol–water partition coefficient (Wildman–Crippen LogP) is 2.30. The number of rotatable bonds is 3. The Kier molecular flexibility index (Phi) is 3.57. The molecule has 0 unspecified atom stereocenters. The number of ether oxygens (including phenoxy) is 1. The molecule has 0 aromatic rings. The molecular weight excluding hydrogens is 192 g/mol. The molecule has 0 atom stereocenters. The Hall–Kier alpha value is -1.24. The van der Waals surface area contributed by atoms with Crippen LogP contribution in [-0.4, -0.2) is 29.2 Å². The number of nitriles is 1. The Morgan fingerprint density at radius 2 is 2.13 bits per heavy atom. The van der Waals surface area contributed by atoms with Crippen LogP contribution >= 0.6 is 0 Å². The van der Waals surface area contributed by atoms with Gasteiger partial charge in [0.15, 0.2) is 0 Å². The highest BCUT2D eigenvalue weighted by Crippen LogP contribution is 2.33. The standard InChI is InChI=1S/C11H18N2O2/c1-11(2,3)13(9-5-6-9)10(14)15-8-4-7-12/h9H,4-6,8H2,1-3H3. The lowest BCUT2D eigenvalue weighted by Gasteiger charge is -2.34. The maximum absolute atomic E-state index is 11.7. The minimum atomic E-state index is -0.291. The molecule has 1 saturated carbocycles. The third-order valence-corrected chi connectivity index (χ3v) is 2.27. The molecule has 1 rings (SSSR count). The van der Waals surface area contributed by atoms with Crippen LogP contribution in [0.25, 0.3) is 0 Å². The van der Waals surface area contributed by atoms with Gasteiger partial charge in [0.25, 0.3) is 0 Å². The van der Waals surface area contributed by atoms with Crippen LogP contribution in [0, 0.1) is 11.3 Å². The second kappa shape index (κ2) is 4.52. The van der Waals surface area contributed by atoms with Crippen LogP contribution in [0.4, 0.5) is 4.79 Å². The number of nitrogens with zero attached hydrogens (tertiary/aromatic N) is 2. The number of carbonyl (C=O) groups excluding carboxylic acids is 1. The first-order valence-electron chi connectivity index (χ1n) is 5.30. The molecule has 4 nitrogen and oxygen atoms in total. The van der Waals surface area contributed by atoms with Crippen molar-refractivity contribution in [3.63, 3.8) is 0 Å². The lowest BCUT2D eigenvalue weighted by Crippen LogP contribution is -2.47. The molecule has 84 valence electrons. The molecule has 4 heteroatoms. The van der Waals surface area contributed by atoms with Crippen LogP contribution in [0.5, 0.6) is 0 Å². The summed E-state index contributed by atoms with van der Waals surface area (Å²) in [5, 5.41) is 8.34. The average Bonchev–Trinajstić information content (AvgIpc) is 2.86. The number of hydrogen-bond acceptors (Lipinski definition) is 3. The molecule has 1 amide bonds. The van der Waals surface area contributed by atoms with Crippen LogP contribution in [-0.2, 0) is 4.74 Å². The first kappa shape index (κ1) is 11.8. The van der Waals surface area contributed by atoms with E-state index >= 15 is 0 Å². The van der Waals surface area contributed by atoms with Gasteiger partial charge in [0, 0.05) is 11.6 Å². The van der Waals surface area contributed by atoms with E-state index in [1.807, 2.05) is 26.8 Å². The van der Waals surface area contributed by atoms with Gasteiger partial charge in [-0.15, -0.1) is 0 Å². The van der Waals surface area contributed by atoms with Gasteiger partial charge >= 0.3 is 6.09 Å². The van der Waals surface area contributed by atoms with Crippen molar-refractivity contribution >= 4 is 6.09 Å². The molecule has 0 saturated heterocycles. The third kappa shape index (κ3) is 3.43. The number of carbonyl (C=O) groups is 1. The fourth-order valence-electron chi connectivity index (χ4n) is 1.56. The van der Waals surface area contributed by atoms with Gasteiger partial charge < -0.3 is 9.64 Å². The van der Waals surface area contributed by atoms with Crippen LogP contribution in [0.3, 0.4) is 0 Å². The molecule has 0 aromatic heterocycles. The second-order valence-corrected chi connectivity index (χ2v) is 4.79. The molecule has 0 spiro atoms. The van der Waals surface area contributed by atoms with Gasteiger partial charge in [-0.25, -0.2) is 4.79 Å². The van der Waals surface area contributed by atoms with Crippen LogP contribution < -0.4 is 0 Å². The van der Waals surface area contributed by atoms with Crippen molar-refractivity contribution < 1.29 is 9.53 Å². The Labute approximate surface area is 90.8 Å². The van der Waals surface area contributed by atoms with Gasteiger partial charge in [0.1, 0.15) is 6.61 Å². The predicted molar refractivity (Wildman–Crippen MR) is 56.2 cm³/mol.